The van der Waals surface area contributed by atoms with Crippen LogP contribution in [0.2, 0.25) is 0 Å². The van der Waals surface area contributed by atoms with Gasteiger partial charge in [-0.15, -0.1) is 0 Å². The molecule has 0 bridgehead atoms. The topological polar surface area (TPSA) is 49.4 Å². The van der Waals surface area contributed by atoms with Gasteiger partial charge in [0, 0.05) is 0 Å². The summed E-state index contributed by atoms with van der Waals surface area (Å²) in [5.41, 5.74) is 0.158. The molecule has 0 spiro atoms. The molecular weight excluding hydrogens is 199 g/mol. The maximum Gasteiger partial charge on any atom is 1.00 e. The average Bonchev–Trinajstić information content (AvgIpc) is 2.05. The third-order valence-electron chi connectivity index (χ3n) is 1.33. The molecule has 0 radical (unpaired) electrons. The van der Waals surface area contributed by atoms with Crippen molar-refractivity contribution in [2.75, 3.05) is 7.11 Å². The number of benzene rings is 1. The van der Waals surface area contributed by atoms with Gasteiger partial charge in [-0.3, -0.25) is 0 Å². The Morgan fingerprint density at radius 1 is 1.31 bits per heavy atom. The Bertz CT molecular complexity index is 261. The smallest absolute Gasteiger partial charge is 0.545 e. The largest absolute Gasteiger partial charge is 1.00 e. The fourth-order valence-corrected chi connectivity index (χ4v) is 0.727. The van der Waals surface area contributed by atoms with E-state index in [2.05, 4.69) is 0 Å². The van der Waals surface area contributed by atoms with E-state index >= 15 is 0 Å². The molecule has 0 heterocycles. The summed E-state index contributed by atoms with van der Waals surface area (Å²) in [5, 5.41) is 10.2. The number of methoxy groups -OCH3 is 1. The van der Waals surface area contributed by atoms with Gasteiger partial charge in [-0.1, -0.05) is 0 Å². The molecule has 0 unspecified atom stereocenters. The SMILES string of the molecule is COc1ccc(C(=O)[O-])cc1.S.[Na+]. The molecule has 1 aromatic carbocycles. The Hall–Kier alpha value is -0.160. The van der Waals surface area contributed by atoms with Crippen LogP contribution in [0.3, 0.4) is 0 Å². The number of hydrogen-bond donors (Lipinski definition) is 0. The van der Waals surface area contributed by atoms with Gasteiger partial charge in [0.25, 0.3) is 0 Å². The zero-order chi connectivity index (χ0) is 8.27. The molecule has 0 saturated carbocycles. The van der Waals surface area contributed by atoms with Crippen LogP contribution in [0.4, 0.5) is 0 Å². The van der Waals surface area contributed by atoms with Gasteiger partial charge in [-0.2, -0.15) is 13.5 Å². The predicted molar refractivity (Wildman–Crippen MR) is 47.7 cm³/mol. The normalized spacial score (nSPS) is 7.77. The maximum atomic E-state index is 10.2. The van der Waals surface area contributed by atoms with Crippen LogP contribution in [0.5, 0.6) is 5.75 Å². The number of carboxylic acid groups (broad SMARTS) is 1. The second-order valence-corrected chi connectivity index (χ2v) is 2.02. The molecule has 0 fully saturated rings. The van der Waals surface area contributed by atoms with Crippen LogP contribution in [-0.4, -0.2) is 13.1 Å². The predicted octanol–water partition coefficient (Wildman–Crippen LogP) is -2.82. The van der Waals surface area contributed by atoms with E-state index in [1.807, 2.05) is 0 Å². The third-order valence-corrected chi connectivity index (χ3v) is 1.33. The molecule has 0 amide bonds. The first-order chi connectivity index (χ1) is 5.24. The van der Waals surface area contributed by atoms with Crippen molar-refractivity contribution in [3.63, 3.8) is 0 Å². The Kier molecular flexibility index (Phi) is 8.56. The maximum absolute atomic E-state index is 10.2. The molecule has 3 nitrogen and oxygen atoms in total. The van der Waals surface area contributed by atoms with Gasteiger partial charge in [0.15, 0.2) is 0 Å². The fourth-order valence-electron chi connectivity index (χ4n) is 0.727. The summed E-state index contributed by atoms with van der Waals surface area (Å²) in [6, 6.07) is 6.03. The molecule has 0 aliphatic heterocycles. The van der Waals surface area contributed by atoms with Crippen molar-refractivity contribution < 1.29 is 44.2 Å². The molecule has 0 aliphatic rings. The van der Waals surface area contributed by atoms with E-state index in [0.717, 1.165) is 0 Å². The molecule has 13 heavy (non-hydrogen) atoms. The number of rotatable bonds is 2. The number of carbonyl (C=O) groups excluding carboxylic acids is 1. The van der Waals surface area contributed by atoms with E-state index in [0.29, 0.717) is 5.75 Å². The number of hydrogen-bond acceptors (Lipinski definition) is 3. The van der Waals surface area contributed by atoms with E-state index in [1.165, 1.54) is 19.2 Å². The summed E-state index contributed by atoms with van der Waals surface area (Å²) in [6.45, 7) is 0. The molecule has 0 atom stereocenters. The minimum atomic E-state index is -1.17. The molecule has 0 saturated heterocycles. The summed E-state index contributed by atoms with van der Waals surface area (Å²) in [7, 11) is 1.52. The van der Waals surface area contributed by atoms with E-state index < -0.39 is 5.97 Å². The molecule has 66 valence electrons. The van der Waals surface area contributed by atoms with Gasteiger partial charge in [-0.05, 0) is 29.8 Å². The van der Waals surface area contributed by atoms with Gasteiger partial charge in [0.05, 0.1) is 13.1 Å². The molecular formula is C8H9NaO3S. The van der Waals surface area contributed by atoms with Crippen LogP contribution in [0.25, 0.3) is 0 Å². The van der Waals surface area contributed by atoms with Crippen molar-refractivity contribution in [2.45, 2.75) is 0 Å². The number of carboxylic acids is 1. The van der Waals surface area contributed by atoms with Crippen molar-refractivity contribution in [3.05, 3.63) is 29.8 Å². The summed E-state index contributed by atoms with van der Waals surface area (Å²) < 4.78 is 4.84. The Balaban J connectivity index is 0. The first kappa shape index (κ1) is 15.3. The van der Waals surface area contributed by atoms with Crippen LogP contribution in [0.15, 0.2) is 24.3 Å². The van der Waals surface area contributed by atoms with E-state index in [1.54, 1.807) is 12.1 Å². The van der Waals surface area contributed by atoms with E-state index in [-0.39, 0.29) is 48.6 Å². The van der Waals surface area contributed by atoms with Crippen LogP contribution >= 0.6 is 13.5 Å². The van der Waals surface area contributed by atoms with Gasteiger partial charge < -0.3 is 14.6 Å². The first-order valence-electron chi connectivity index (χ1n) is 3.09. The van der Waals surface area contributed by atoms with Crippen molar-refractivity contribution in [2.24, 2.45) is 0 Å². The molecule has 0 aliphatic carbocycles. The van der Waals surface area contributed by atoms with Gasteiger partial charge in [0.2, 0.25) is 0 Å². The molecule has 1 aromatic rings. The average molecular weight is 208 g/mol. The van der Waals surface area contributed by atoms with Crippen molar-refractivity contribution in [1.82, 2.24) is 0 Å². The van der Waals surface area contributed by atoms with E-state index in [4.69, 9.17) is 4.74 Å². The summed E-state index contributed by atoms with van der Waals surface area (Å²) in [4.78, 5) is 10.2. The second kappa shape index (κ2) is 7.26. The zero-order valence-corrected chi connectivity index (χ0v) is 10.5. The fraction of sp³-hybridized carbons (Fsp3) is 0.125. The first-order valence-corrected chi connectivity index (χ1v) is 3.09. The molecule has 1 rings (SSSR count). The van der Waals surface area contributed by atoms with Crippen LogP contribution in [0, 0.1) is 0 Å². The Morgan fingerprint density at radius 3 is 2.08 bits per heavy atom. The quantitative estimate of drug-likeness (QED) is 0.492. The van der Waals surface area contributed by atoms with Crippen LogP contribution in [0.1, 0.15) is 10.4 Å². The molecule has 5 heteroatoms. The monoisotopic (exact) mass is 208 g/mol. The molecule has 0 aromatic heterocycles. The minimum Gasteiger partial charge on any atom is -0.545 e. The third kappa shape index (κ3) is 4.57. The van der Waals surface area contributed by atoms with Gasteiger partial charge >= 0.3 is 29.6 Å². The van der Waals surface area contributed by atoms with Gasteiger partial charge in [-0.25, -0.2) is 0 Å². The zero-order valence-electron chi connectivity index (χ0n) is 7.53. The number of aromatic carboxylic acids is 1. The van der Waals surface area contributed by atoms with E-state index in [9.17, 15) is 9.90 Å². The summed E-state index contributed by atoms with van der Waals surface area (Å²) >= 11 is 0. The number of ether oxygens (including phenoxy) is 1. The Morgan fingerprint density at radius 2 is 1.77 bits per heavy atom. The summed E-state index contributed by atoms with van der Waals surface area (Å²) in [5.74, 6) is -0.539. The van der Waals surface area contributed by atoms with Crippen LogP contribution < -0.4 is 39.4 Å². The number of carbonyl (C=O) groups is 1. The Labute approximate surface area is 106 Å². The second-order valence-electron chi connectivity index (χ2n) is 2.02. The van der Waals surface area contributed by atoms with Gasteiger partial charge in [0.1, 0.15) is 5.75 Å². The van der Waals surface area contributed by atoms with Crippen LogP contribution in [-0.2, 0) is 0 Å². The van der Waals surface area contributed by atoms with Crippen molar-refractivity contribution in [3.8, 4) is 5.75 Å². The van der Waals surface area contributed by atoms with Crippen molar-refractivity contribution in [1.29, 1.82) is 0 Å². The minimum absolute atomic E-state index is 0. The molecule has 0 N–H and O–H groups in total. The van der Waals surface area contributed by atoms with Crippen molar-refractivity contribution >= 4 is 19.5 Å². The summed E-state index contributed by atoms with van der Waals surface area (Å²) in [6.07, 6.45) is 0. The standard InChI is InChI=1S/C8H8O3.Na.H2S/c1-11-7-4-2-6(3-5-7)8(9)10;;/h2-5H,1H3,(H,9,10);;1H2/q;+1;/p-1.